The van der Waals surface area contributed by atoms with Crippen LogP contribution in [0.2, 0.25) is 0 Å². The van der Waals surface area contributed by atoms with Crippen LogP contribution in [0.3, 0.4) is 0 Å². The van der Waals surface area contributed by atoms with Crippen molar-refractivity contribution in [2.24, 2.45) is 0 Å². The minimum Gasteiger partial charge on any atom is -0.397 e. The number of thiophene rings is 1. The molecule has 1 fully saturated rings. The van der Waals surface area contributed by atoms with Crippen molar-refractivity contribution in [2.45, 2.75) is 19.2 Å². The van der Waals surface area contributed by atoms with Crippen LogP contribution in [0.25, 0.3) is 10.1 Å². The number of hydrogen-bond donors (Lipinski definition) is 3. The van der Waals surface area contributed by atoms with E-state index in [1.807, 2.05) is 59.5 Å². The molecular weight excluding hydrogens is 472 g/mol. The Morgan fingerprint density at radius 2 is 1.81 bits per heavy atom. The summed E-state index contributed by atoms with van der Waals surface area (Å²) in [7, 11) is 0. The van der Waals surface area contributed by atoms with E-state index in [0.29, 0.717) is 48.9 Å². The van der Waals surface area contributed by atoms with Crippen molar-refractivity contribution in [2.75, 3.05) is 30.7 Å². The van der Waals surface area contributed by atoms with E-state index in [1.54, 1.807) is 12.1 Å². The third-order valence-corrected chi connectivity index (χ3v) is 7.27. The molecule has 1 unspecified atom stereocenters. The molecule has 8 heteroatoms. The van der Waals surface area contributed by atoms with E-state index in [4.69, 9.17) is 10.5 Å². The average molecular weight is 501 g/mol. The van der Waals surface area contributed by atoms with Crippen molar-refractivity contribution in [3.05, 3.63) is 94.9 Å². The highest BCUT2D eigenvalue weighted by atomic mass is 32.1. The first-order chi connectivity index (χ1) is 17.5. The summed E-state index contributed by atoms with van der Waals surface area (Å²) in [6, 6.07) is 25.1. The quantitative estimate of drug-likeness (QED) is 0.330. The van der Waals surface area contributed by atoms with Crippen molar-refractivity contribution < 1.29 is 14.3 Å². The first-order valence-corrected chi connectivity index (χ1v) is 12.7. The number of ether oxygens (including phenoxy) is 1. The van der Waals surface area contributed by atoms with Gasteiger partial charge in [0.1, 0.15) is 6.23 Å². The Bertz CT molecular complexity index is 1370. The molecule has 1 aliphatic rings. The van der Waals surface area contributed by atoms with E-state index in [2.05, 4.69) is 22.8 Å². The first kappa shape index (κ1) is 24.0. The van der Waals surface area contributed by atoms with E-state index >= 15 is 0 Å². The largest absolute Gasteiger partial charge is 0.397 e. The zero-order valence-corrected chi connectivity index (χ0v) is 20.6. The maximum absolute atomic E-state index is 13.0. The monoisotopic (exact) mass is 500 g/mol. The number of morpholine rings is 1. The molecule has 7 nitrogen and oxygen atoms in total. The third-order valence-electron chi connectivity index (χ3n) is 6.17. The molecule has 4 N–H and O–H groups in total. The zero-order valence-electron chi connectivity index (χ0n) is 19.8. The second-order valence-electron chi connectivity index (χ2n) is 8.77. The number of anilines is 2. The number of nitrogen functional groups attached to an aromatic ring is 1. The highest BCUT2D eigenvalue weighted by Crippen LogP contribution is 2.28. The molecule has 0 spiro atoms. The number of para-hydroxylation sites is 2. The van der Waals surface area contributed by atoms with E-state index in [9.17, 15) is 9.59 Å². The van der Waals surface area contributed by atoms with Gasteiger partial charge in [-0.15, -0.1) is 11.3 Å². The third kappa shape index (κ3) is 5.73. The van der Waals surface area contributed by atoms with Crippen LogP contribution in [0.1, 0.15) is 20.8 Å². The lowest BCUT2D eigenvalue weighted by atomic mass is 10.1. The number of nitrogens with two attached hydrogens (primary N) is 1. The number of fused-ring (bicyclic) bond motifs is 1. The summed E-state index contributed by atoms with van der Waals surface area (Å²) < 4.78 is 6.78. The smallest absolute Gasteiger partial charge is 0.265 e. The Morgan fingerprint density at radius 3 is 2.64 bits per heavy atom. The lowest BCUT2D eigenvalue weighted by Crippen LogP contribution is -2.51. The first-order valence-electron chi connectivity index (χ1n) is 11.9. The van der Waals surface area contributed by atoms with Gasteiger partial charge in [-0.3, -0.25) is 14.9 Å². The minimum atomic E-state index is -0.200. The predicted octanol–water partition coefficient (Wildman–Crippen LogP) is 4.25. The normalized spacial score (nSPS) is 15.7. The summed E-state index contributed by atoms with van der Waals surface area (Å²) in [6.45, 7) is 2.29. The average Bonchev–Trinajstić information content (AvgIpc) is 3.33. The molecule has 3 aromatic carbocycles. The van der Waals surface area contributed by atoms with Gasteiger partial charge < -0.3 is 20.7 Å². The van der Waals surface area contributed by atoms with Crippen molar-refractivity contribution in [3.8, 4) is 0 Å². The van der Waals surface area contributed by atoms with Gasteiger partial charge in [0.2, 0.25) is 5.91 Å². The Labute approximate surface area is 213 Å². The standard InChI is InChI=1S/C28H28N4O3S/c29-22-8-4-5-9-23(22)31-28(34)25-16-21-11-10-20(14-24(21)36-25)15-27(33)32-12-13-35-26(18-32)30-17-19-6-2-1-3-7-19/h1-11,14,16,26,30H,12-13,15,17-18,29H2,(H,31,34). The summed E-state index contributed by atoms with van der Waals surface area (Å²) in [5.74, 6) is -0.132. The van der Waals surface area contributed by atoms with Crippen LogP contribution in [0.5, 0.6) is 0 Å². The molecule has 0 saturated carbocycles. The Morgan fingerprint density at radius 1 is 1.00 bits per heavy atom. The fourth-order valence-electron chi connectivity index (χ4n) is 4.21. The maximum Gasteiger partial charge on any atom is 0.265 e. The van der Waals surface area contributed by atoms with Gasteiger partial charge in [0.05, 0.1) is 35.8 Å². The van der Waals surface area contributed by atoms with E-state index in [1.165, 1.54) is 16.9 Å². The number of nitrogens with zero attached hydrogens (tertiary/aromatic N) is 1. The SMILES string of the molecule is Nc1ccccc1NC(=O)c1cc2ccc(CC(=O)N3CCOC(NCc4ccccc4)C3)cc2s1. The number of rotatable bonds is 7. The van der Waals surface area contributed by atoms with Crippen LogP contribution in [-0.2, 0) is 22.5 Å². The summed E-state index contributed by atoms with van der Waals surface area (Å²) >= 11 is 1.40. The number of amides is 2. The summed E-state index contributed by atoms with van der Waals surface area (Å²) in [4.78, 5) is 28.2. The topological polar surface area (TPSA) is 96.7 Å². The van der Waals surface area contributed by atoms with Gasteiger partial charge in [-0.1, -0.05) is 54.6 Å². The Hall–Kier alpha value is -3.72. The molecule has 0 radical (unpaired) electrons. The summed E-state index contributed by atoms with van der Waals surface area (Å²) in [5, 5.41) is 7.23. The van der Waals surface area contributed by atoms with E-state index in [-0.39, 0.29) is 18.0 Å². The van der Waals surface area contributed by atoms with Crippen LogP contribution in [-0.4, -0.2) is 42.6 Å². The van der Waals surface area contributed by atoms with Gasteiger partial charge >= 0.3 is 0 Å². The van der Waals surface area contributed by atoms with Crippen molar-refractivity contribution in [1.29, 1.82) is 0 Å². The second-order valence-corrected chi connectivity index (χ2v) is 9.85. The molecule has 184 valence electrons. The molecule has 36 heavy (non-hydrogen) atoms. The molecule has 2 amide bonds. The van der Waals surface area contributed by atoms with Crippen molar-refractivity contribution >= 4 is 44.6 Å². The van der Waals surface area contributed by atoms with Crippen LogP contribution < -0.4 is 16.4 Å². The van der Waals surface area contributed by atoms with Crippen molar-refractivity contribution in [3.63, 3.8) is 0 Å². The highest BCUT2D eigenvalue weighted by molar-refractivity contribution is 7.20. The molecular formula is C28H28N4O3S. The van der Waals surface area contributed by atoms with Gasteiger partial charge in [-0.2, -0.15) is 0 Å². The van der Waals surface area contributed by atoms with Gasteiger partial charge in [0.25, 0.3) is 5.91 Å². The van der Waals surface area contributed by atoms with Gasteiger partial charge in [-0.05, 0) is 40.8 Å². The summed E-state index contributed by atoms with van der Waals surface area (Å²) in [5.41, 5.74) is 9.16. The van der Waals surface area contributed by atoms with E-state index < -0.39 is 0 Å². The number of nitrogens with one attached hydrogen (secondary N) is 2. The lowest BCUT2D eigenvalue weighted by molar-refractivity contribution is -0.139. The molecule has 5 rings (SSSR count). The van der Waals surface area contributed by atoms with Gasteiger partial charge in [-0.25, -0.2) is 0 Å². The lowest BCUT2D eigenvalue weighted by Gasteiger charge is -2.33. The molecule has 1 atom stereocenters. The molecule has 1 aliphatic heterocycles. The molecule has 2 heterocycles. The van der Waals surface area contributed by atoms with Crippen LogP contribution in [0.4, 0.5) is 11.4 Å². The number of carbonyl (C=O) groups excluding carboxylic acids is 2. The van der Waals surface area contributed by atoms with Crippen LogP contribution in [0, 0.1) is 0 Å². The van der Waals surface area contributed by atoms with Crippen LogP contribution in [0.15, 0.2) is 78.9 Å². The molecule has 1 saturated heterocycles. The highest BCUT2D eigenvalue weighted by Gasteiger charge is 2.24. The molecule has 1 aromatic heterocycles. The zero-order chi connectivity index (χ0) is 24.9. The van der Waals surface area contributed by atoms with Crippen molar-refractivity contribution in [1.82, 2.24) is 10.2 Å². The minimum absolute atomic E-state index is 0.0678. The van der Waals surface area contributed by atoms with Gasteiger partial charge in [0, 0.05) is 17.8 Å². The Kier molecular flexibility index (Phi) is 7.27. The molecule has 4 aromatic rings. The maximum atomic E-state index is 13.0. The number of benzene rings is 3. The second kappa shape index (κ2) is 10.9. The Balaban J connectivity index is 1.20. The van der Waals surface area contributed by atoms with Gasteiger partial charge in [0.15, 0.2) is 0 Å². The fourth-order valence-corrected chi connectivity index (χ4v) is 5.23. The predicted molar refractivity (Wildman–Crippen MR) is 144 cm³/mol. The fraction of sp³-hybridized carbons (Fsp3) is 0.214. The van der Waals surface area contributed by atoms with Crippen LogP contribution >= 0.6 is 11.3 Å². The molecule has 0 bridgehead atoms. The number of carbonyl (C=O) groups is 2. The summed E-state index contributed by atoms with van der Waals surface area (Å²) in [6.07, 6.45) is 0.115. The number of hydrogen-bond acceptors (Lipinski definition) is 6. The van der Waals surface area contributed by atoms with E-state index in [0.717, 1.165) is 15.6 Å². The molecule has 0 aliphatic carbocycles.